The zero-order valence-corrected chi connectivity index (χ0v) is 16.2. The molecule has 2 aliphatic rings. The van der Waals surface area contributed by atoms with E-state index < -0.39 is 11.6 Å². The van der Waals surface area contributed by atoms with E-state index in [9.17, 15) is 14.4 Å². The van der Waals surface area contributed by atoms with Crippen molar-refractivity contribution in [3.8, 4) is 5.75 Å². The normalized spacial score (nSPS) is 24.9. The van der Waals surface area contributed by atoms with Crippen LogP contribution in [0.3, 0.4) is 0 Å². The fourth-order valence-corrected chi connectivity index (χ4v) is 4.02. The van der Waals surface area contributed by atoms with Crippen molar-refractivity contribution in [1.82, 2.24) is 10.2 Å². The summed E-state index contributed by atoms with van der Waals surface area (Å²) in [5.41, 5.74) is -0.235. The molecule has 1 aromatic rings. The number of para-hydroxylation sites is 2. The molecule has 0 atom stereocenters. The number of hydrogen-bond donors (Lipinski definition) is 1. The van der Waals surface area contributed by atoms with Gasteiger partial charge in [-0.05, 0) is 43.7 Å². The molecule has 146 valence electrons. The minimum absolute atomic E-state index is 0.274. The zero-order valence-electron chi connectivity index (χ0n) is 16.2. The molecule has 7 heteroatoms. The molecule has 1 saturated heterocycles. The van der Waals surface area contributed by atoms with Crippen LogP contribution in [-0.2, 0) is 9.59 Å². The molecule has 0 unspecified atom stereocenters. The number of imide groups is 1. The Morgan fingerprint density at radius 2 is 1.96 bits per heavy atom. The van der Waals surface area contributed by atoms with Crippen LogP contribution in [0.5, 0.6) is 5.75 Å². The fraction of sp³-hybridized carbons (Fsp3) is 0.550. The average molecular weight is 373 g/mol. The van der Waals surface area contributed by atoms with Crippen molar-refractivity contribution in [3.63, 3.8) is 0 Å². The lowest BCUT2D eigenvalue weighted by atomic mass is 9.75. The molecule has 3 rings (SSSR count). The van der Waals surface area contributed by atoms with Gasteiger partial charge in [-0.25, -0.2) is 4.79 Å². The summed E-state index contributed by atoms with van der Waals surface area (Å²) in [6, 6.07) is 6.66. The average Bonchev–Trinajstić information content (AvgIpc) is 2.92. The lowest BCUT2D eigenvalue weighted by Gasteiger charge is -2.34. The van der Waals surface area contributed by atoms with Crippen LogP contribution >= 0.6 is 0 Å². The van der Waals surface area contributed by atoms with E-state index in [1.54, 1.807) is 25.2 Å². The van der Waals surface area contributed by atoms with Crippen LogP contribution in [0.1, 0.15) is 39.0 Å². The fourth-order valence-electron chi connectivity index (χ4n) is 4.02. The van der Waals surface area contributed by atoms with Gasteiger partial charge in [-0.1, -0.05) is 25.5 Å². The molecule has 2 fully saturated rings. The number of carbonyl (C=O) groups excluding carboxylic acids is 3. The van der Waals surface area contributed by atoms with Crippen molar-refractivity contribution in [2.45, 2.75) is 44.6 Å². The largest absolute Gasteiger partial charge is 0.495 e. The lowest BCUT2D eigenvalue weighted by Crippen LogP contribution is -2.50. The molecule has 1 aliphatic heterocycles. The second-order valence-corrected chi connectivity index (χ2v) is 7.38. The number of anilines is 1. The van der Waals surface area contributed by atoms with E-state index >= 15 is 0 Å². The van der Waals surface area contributed by atoms with Crippen molar-refractivity contribution in [2.24, 2.45) is 5.92 Å². The number of methoxy groups -OCH3 is 1. The first-order chi connectivity index (χ1) is 12.9. The smallest absolute Gasteiger partial charge is 0.325 e. The predicted molar refractivity (Wildman–Crippen MR) is 102 cm³/mol. The van der Waals surface area contributed by atoms with E-state index in [1.807, 2.05) is 6.07 Å². The minimum Gasteiger partial charge on any atom is -0.495 e. The summed E-state index contributed by atoms with van der Waals surface area (Å²) in [7, 11) is 3.14. The van der Waals surface area contributed by atoms with Crippen LogP contribution in [0.25, 0.3) is 0 Å². The molecule has 0 bridgehead atoms. The molecule has 1 aliphatic carbocycles. The highest BCUT2D eigenvalue weighted by Gasteiger charge is 2.52. The molecule has 7 nitrogen and oxygen atoms in total. The number of benzene rings is 1. The molecule has 27 heavy (non-hydrogen) atoms. The molecular weight excluding hydrogens is 346 g/mol. The third-order valence-electron chi connectivity index (χ3n) is 5.90. The lowest BCUT2D eigenvalue weighted by molar-refractivity contribution is -0.135. The summed E-state index contributed by atoms with van der Waals surface area (Å²) < 4.78 is 5.29. The third-order valence-corrected chi connectivity index (χ3v) is 5.90. The summed E-state index contributed by atoms with van der Waals surface area (Å²) >= 11 is 0. The number of hydrogen-bond acceptors (Lipinski definition) is 4. The van der Waals surface area contributed by atoms with E-state index in [2.05, 4.69) is 12.2 Å². The van der Waals surface area contributed by atoms with Crippen molar-refractivity contribution >= 4 is 23.5 Å². The zero-order chi connectivity index (χ0) is 19.6. The maximum Gasteiger partial charge on any atom is 0.325 e. The van der Waals surface area contributed by atoms with Gasteiger partial charge < -0.3 is 15.0 Å². The van der Waals surface area contributed by atoms with E-state index in [4.69, 9.17) is 4.74 Å². The first kappa shape index (κ1) is 19.2. The first-order valence-corrected chi connectivity index (χ1v) is 9.45. The molecule has 1 N–H and O–H groups in total. The molecule has 1 saturated carbocycles. The van der Waals surface area contributed by atoms with Crippen LogP contribution in [0, 0.1) is 5.92 Å². The van der Waals surface area contributed by atoms with Gasteiger partial charge in [0.2, 0.25) is 5.91 Å². The number of likely N-dealkylation sites (N-methyl/N-ethyl adjacent to an activating group) is 1. The highest BCUT2D eigenvalue weighted by molar-refractivity contribution is 6.10. The number of urea groups is 1. The molecular formula is C20H27N3O4. The standard InChI is InChI=1S/C20H27N3O4/c1-4-14-9-11-20(12-10-14)18(25)23(19(26)21-20)13-17(24)22(2)15-7-5-6-8-16(15)27-3/h5-8,14H,4,9-13H2,1-3H3,(H,21,26). The second-order valence-electron chi connectivity index (χ2n) is 7.38. The van der Waals surface area contributed by atoms with Gasteiger partial charge in [-0.2, -0.15) is 0 Å². The van der Waals surface area contributed by atoms with E-state index in [1.165, 1.54) is 12.0 Å². The Morgan fingerprint density at radius 3 is 2.59 bits per heavy atom. The highest BCUT2D eigenvalue weighted by atomic mass is 16.5. The Morgan fingerprint density at radius 1 is 1.30 bits per heavy atom. The predicted octanol–water partition coefficient (Wildman–Crippen LogP) is 2.55. The van der Waals surface area contributed by atoms with E-state index in [0.29, 0.717) is 30.2 Å². The van der Waals surface area contributed by atoms with Gasteiger partial charge in [0, 0.05) is 7.05 Å². The maximum absolute atomic E-state index is 13.0. The van der Waals surface area contributed by atoms with Crippen molar-refractivity contribution in [3.05, 3.63) is 24.3 Å². The van der Waals surface area contributed by atoms with Gasteiger partial charge in [-0.3, -0.25) is 14.5 Å². The summed E-state index contributed by atoms with van der Waals surface area (Å²) in [4.78, 5) is 40.6. The number of ether oxygens (including phenoxy) is 1. The molecule has 1 aromatic carbocycles. The van der Waals surface area contributed by atoms with E-state index in [0.717, 1.165) is 24.2 Å². The number of nitrogens with one attached hydrogen (secondary N) is 1. The second kappa shape index (κ2) is 7.58. The number of nitrogens with zero attached hydrogens (tertiary/aromatic N) is 2. The topological polar surface area (TPSA) is 79.0 Å². The third kappa shape index (κ3) is 3.50. The molecule has 0 aromatic heterocycles. The van der Waals surface area contributed by atoms with Crippen molar-refractivity contribution in [1.29, 1.82) is 0 Å². The van der Waals surface area contributed by atoms with Gasteiger partial charge in [0.1, 0.15) is 17.8 Å². The first-order valence-electron chi connectivity index (χ1n) is 9.45. The van der Waals surface area contributed by atoms with Gasteiger partial charge in [-0.15, -0.1) is 0 Å². The van der Waals surface area contributed by atoms with Gasteiger partial charge in [0.15, 0.2) is 0 Å². The summed E-state index contributed by atoms with van der Waals surface area (Å²) in [6.07, 6.45) is 4.22. The quantitative estimate of drug-likeness (QED) is 0.805. The Kier molecular flexibility index (Phi) is 5.39. The van der Waals surface area contributed by atoms with Crippen LogP contribution in [-0.4, -0.2) is 49.0 Å². The molecule has 1 spiro atoms. The summed E-state index contributed by atoms with van der Waals surface area (Å²) in [5.74, 6) is 0.540. The SMILES string of the molecule is CCC1CCC2(CC1)NC(=O)N(CC(=O)N(C)c1ccccc1OC)C2=O. The molecule has 4 amide bonds. The Bertz CT molecular complexity index is 740. The van der Waals surface area contributed by atoms with Crippen molar-refractivity contribution in [2.75, 3.05) is 25.6 Å². The number of amides is 4. The molecule has 0 radical (unpaired) electrons. The Balaban J connectivity index is 1.71. The summed E-state index contributed by atoms with van der Waals surface area (Å²) in [6.45, 7) is 1.87. The Hall–Kier alpha value is -2.57. The Labute approximate surface area is 159 Å². The summed E-state index contributed by atoms with van der Waals surface area (Å²) in [5, 5.41) is 2.86. The van der Waals surface area contributed by atoms with Gasteiger partial charge in [0.25, 0.3) is 5.91 Å². The molecule has 1 heterocycles. The van der Waals surface area contributed by atoms with Crippen LogP contribution in [0.15, 0.2) is 24.3 Å². The van der Waals surface area contributed by atoms with Gasteiger partial charge >= 0.3 is 6.03 Å². The maximum atomic E-state index is 13.0. The highest BCUT2D eigenvalue weighted by Crippen LogP contribution is 2.37. The van der Waals surface area contributed by atoms with Crippen LogP contribution < -0.4 is 15.0 Å². The van der Waals surface area contributed by atoms with Gasteiger partial charge in [0.05, 0.1) is 12.8 Å². The monoisotopic (exact) mass is 373 g/mol. The number of carbonyl (C=O) groups is 3. The van der Waals surface area contributed by atoms with Crippen molar-refractivity contribution < 1.29 is 19.1 Å². The number of rotatable bonds is 5. The van der Waals surface area contributed by atoms with E-state index in [-0.39, 0.29) is 18.4 Å². The van der Waals surface area contributed by atoms with Crippen LogP contribution in [0.2, 0.25) is 0 Å². The minimum atomic E-state index is -0.827. The van der Waals surface area contributed by atoms with Crippen LogP contribution in [0.4, 0.5) is 10.5 Å².